The van der Waals surface area contributed by atoms with Crippen molar-refractivity contribution in [3.8, 4) is 0 Å². The van der Waals surface area contributed by atoms with Crippen molar-refractivity contribution in [2.75, 3.05) is 20.7 Å². The van der Waals surface area contributed by atoms with Gasteiger partial charge in [-0.2, -0.15) is 0 Å². The minimum atomic E-state index is -3.57. The molecule has 0 saturated heterocycles. The van der Waals surface area contributed by atoms with Gasteiger partial charge < -0.3 is 14.6 Å². The van der Waals surface area contributed by atoms with Gasteiger partial charge in [0.2, 0.25) is 15.9 Å². The molecular weight excluding hydrogens is 456 g/mol. The van der Waals surface area contributed by atoms with Gasteiger partial charge in [-0.25, -0.2) is 22.5 Å². The first-order valence-electron chi connectivity index (χ1n) is 11.0. The fourth-order valence-corrected chi connectivity index (χ4v) is 4.52. The number of carbonyl (C=O) groups is 2. The zero-order chi connectivity index (χ0) is 24.9. The molecule has 0 spiro atoms. The highest BCUT2D eigenvalue weighted by Gasteiger charge is 2.23. The summed E-state index contributed by atoms with van der Waals surface area (Å²) >= 11 is 0. The third-order valence-corrected chi connectivity index (χ3v) is 7.30. The summed E-state index contributed by atoms with van der Waals surface area (Å²) in [5.74, 6) is -0.130. The molecular formula is C24H30N4O5S. The summed E-state index contributed by atoms with van der Waals surface area (Å²) in [5, 5.41) is 2.78. The standard InChI is InChI=1S/C24H30N4O5S/c1-5-33-24(30)20(15-17-9-7-6-8-10-17)26-23(29)14-13-22-25-19-16-18(34(31,32)27(2)3)11-12-21(19)28(22)4/h6-12,16,20H,5,13-15H2,1-4H3,(H,26,29). The molecule has 10 heteroatoms. The van der Waals surface area contributed by atoms with E-state index in [9.17, 15) is 18.0 Å². The predicted octanol–water partition coefficient (Wildman–Crippen LogP) is 2.05. The van der Waals surface area contributed by atoms with Crippen LogP contribution < -0.4 is 5.32 Å². The zero-order valence-corrected chi connectivity index (χ0v) is 20.6. The molecule has 2 aromatic carbocycles. The van der Waals surface area contributed by atoms with Crippen LogP contribution in [0.4, 0.5) is 0 Å². The number of nitrogens with zero attached hydrogens (tertiary/aromatic N) is 3. The fraction of sp³-hybridized carbons (Fsp3) is 0.375. The van der Waals surface area contributed by atoms with Gasteiger partial charge in [-0.3, -0.25) is 4.79 Å². The number of hydrogen-bond acceptors (Lipinski definition) is 6. The lowest BCUT2D eigenvalue weighted by Crippen LogP contribution is -2.43. The molecule has 1 heterocycles. The summed E-state index contributed by atoms with van der Waals surface area (Å²) < 4.78 is 33.0. The molecule has 1 unspecified atom stereocenters. The number of hydrogen-bond donors (Lipinski definition) is 1. The Morgan fingerprint density at radius 2 is 1.85 bits per heavy atom. The maximum absolute atomic E-state index is 12.7. The number of imidazole rings is 1. The smallest absolute Gasteiger partial charge is 0.328 e. The van der Waals surface area contributed by atoms with E-state index in [0.717, 1.165) is 15.4 Å². The molecule has 0 aliphatic carbocycles. The molecule has 1 aromatic heterocycles. The van der Waals surface area contributed by atoms with Crippen LogP contribution >= 0.6 is 0 Å². The van der Waals surface area contributed by atoms with Gasteiger partial charge in [0.1, 0.15) is 11.9 Å². The van der Waals surface area contributed by atoms with Crippen molar-refractivity contribution >= 4 is 32.9 Å². The maximum atomic E-state index is 12.7. The van der Waals surface area contributed by atoms with Crippen molar-refractivity contribution < 1.29 is 22.7 Å². The molecule has 182 valence electrons. The summed E-state index contributed by atoms with van der Waals surface area (Å²) in [4.78, 5) is 29.8. The van der Waals surface area contributed by atoms with E-state index in [-0.39, 0.29) is 23.8 Å². The average molecular weight is 487 g/mol. The number of nitrogens with one attached hydrogen (secondary N) is 1. The van der Waals surface area contributed by atoms with Crippen LogP contribution in [0.25, 0.3) is 11.0 Å². The third-order valence-electron chi connectivity index (χ3n) is 5.49. The van der Waals surface area contributed by atoms with Gasteiger partial charge in [0, 0.05) is 40.4 Å². The van der Waals surface area contributed by atoms with Gasteiger partial charge >= 0.3 is 5.97 Å². The fourth-order valence-electron chi connectivity index (χ4n) is 3.60. The zero-order valence-electron chi connectivity index (χ0n) is 19.8. The number of ether oxygens (including phenoxy) is 1. The van der Waals surface area contributed by atoms with Crippen molar-refractivity contribution in [3.63, 3.8) is 0 Å². The van der Waals surface area contributed by atoms with E-state index in [1.54, 1.807) is 19.1 Å². The Labute approximate surface area is 199 Å². The number of fused-ring (bicyclic) bond motifs is 1. The predicted molar refractivity (Wildman–Crippen MR) is 129 cm³/mol. The van der Waals surface area contributed by atoms with Crippen LogP contribution in [-0.4, -0.2) is 60.9 Å². The van der Waals surface area contributed by atoms with Gasteiger partial charge in [0.05, 0.1) is 22.5 Å². The highest BCUT2D eigenvalue weighted by atomic mass is 32.2. The van der Waals surface area contributed by atoms with E-state index < -0.39 is 22.0 Å². The van der Waals surface area contributed by atoms with E-state index in [1.165, 1.54) is 20.2 Å². The van der Waals surface area contributed by atoms with Crippen LogP contribution in [0, 0.1) is 0 Å². The van der Waals surface area contributed by atoms with Gasteiger partial charge in [-0.15, -0.1) is 0 Å². The van der Waals surface area contributed by atoms with Crippen LogP contribution in [-0.2, 0) is 44.2 Å². The normalized spacial score (nSPS) is 12.6. The molecule has 3 aromatic rings. The molecule has 9 nitrogen and oxygen atoms in total. The third kappa shape index (κ3) is 5.81. The van der Waals surface area contributed by atoms with Crippen LogP contribution in [0.2, 0.25) is 0 Å². The number of sulfonamides is 1. The molecule has 0 fully saturated rings. The molecule has 0 aliphatic rings. The van der Waals surface area contributed by atoms with Crippen LogP contribution in [0.5, 0.6) is 0 Å². The number of aromatic nitrogens is 2. The molecule has 0 saturated carbocycles. The molecule has 0 radical (unpaired) electrons. The Morgan fingerprint density at radius 3 is 2.50 bits per heavy atom. The van der Waals surface area contributed by atoms with Crippen LogP contribution in [0.1, 0.15) is 24.7 Å². The number of aryl methyl sites for hydroxylation is 2. The number of benzene rings is 2. The first-order chi connectivity index (χ1) is 16.1. The van der Waals surface area contributed by atoms with E-state index in [4.69, 9.17) is 4.74 Å². The number of rotatable bonds is 10. The van der Waals surface area contributed by atoms with Gasteiger partial charge in [-0.1, -0.05) is 30.3 Å². The van der Waals surface area contributed by atoms with Gasteiger partial charge in [-0.05, 0) is 30.7 Å². The summed E-state index contributed by atoms with van der Waals surface area (Å²) in [6, 6.07) is 13.4. The molecule has 0 bridgehead atoms. The second kappa shape index (κ2) is 10.8. The first-order valence-corrected chi connectivity index (χ1v) is 12.4. The maximum Gasteiger partial charge on any atom is 0.328 e. The van der Waals surface area contributed by atoms with E-state index >= 15 is 0 Å². The Kier molecular flexibility index (Phi) is 8.06. The lowest BCUT2D eigenvalue weighted by molar-refractivity contribution is -0.147. The van der Waals surface area contributed by atoms with Crippen molar-refractivity contribution in [1.82, 2.24) is 19.2 Å². The molecule has 1 amide bonds. The van der Waals surface area contributed by atoms with Crippen molar-refractivity contribution in [2.45, 2.75) is 37.1 Å². The Hall–Kier alpha value is -3.24. The lowest BCUT2D eigenvalue weighted by atomic mass is 10.1. The second-order valence-electron chi connectivity index (χ2n) is 8.09. The van der Waals surface area contributed by atoms with E-state index in [1.807, 2.05) is 41.9 Å². The topological polar surface area (TPSA) is 111 Å². The monoisotopic (exact) mass is 486 g/mol. The largest absolute Gasteiger partial charge is 0.464 e. The van der Waals surface area contributed by atoms with Crippen molar-refractivity contribution in [1.29, 1.82) is 0 Å². The minimum Gasteiger partial charge on any atom is -0.464 e. The second-order valence-corrected chi connectivity index (χ2v) is 10.2. The van der Waals surface area contributed by atoms with E-state index in [2.05, 4.69) is 10.3 Å². The van der Waals surface area contributed by atoms with Crippen LogP contribution in [0.15, 0.2) is 53.4 Å². The highest BCUT2D eigenvalue weighted by molar-refractivity contribution is 7.89. The lowest BCUT2D eigenvalue weighted by Gasteiger charge is -2.17. The SMILES string of the molecule is CCOC(=O)C(Cc1ccccc1)NC(=O)CCc1nc2cc(S(=O)(=O)N(C)C)ccc2n1C. The Bertz CT molecular complexity index is 1270. The minimum absolute atomic E-state index is 0.116. The highest BCUT2D eigenvalue weighted by Crippen LogP contribution is 2.22. The number of esters is 1. The summed E-state index contributed by atoms with van der Waals surface area (Å²) in [7, 11) is 1.20. The van der Waals surface area contributed by atoms with Crippen molar-refractivity contribution in [3.05, 3.63) is 59.9 Å². The first kappa shape index (κ1) is 25.4. The molecule has 34 heavy (non-hydrogen) atoms. The molecule has 1 N–H and O–H groups in total. The quantitative estimate of drug-likeness (QED) is 0.439. The summed E-state index contributed by atoms with van der Waals surface area (Å²) in [6.07, 6.45) is 0.777. The summed E-state index contributed by atoms with van der Waals surface area (Å²) in [5.41, 5.74) is 2.22. The number of carbonyl (C=O) groups excluding carboxylic acids is 2. The average Bonchev–Trinajstić information content (AvgIpc) is 3.13. The number of amides is 1. The van der Waals surface area contributed by atoms with Gasteiger partial charge in [0.25, 0.3) is 0 Å². The summed E-state index contributed by atoms with van der Waals surface area (Å²) in [6.45, 7) is 1.95. The Morgan fingerprint density at radius 1 is 1.15 bits per heavy atom. The Balaban J connectivity index is 1.71. The molecule has 3 rings (SSSR count). The van der Waals surface area contributed by atoms with E-state index in [0.29, 0.717) is 24.2 Å². The molecule has 0 aliphatic heterocycles. The van der Waals surface area contributed by atoms with Crippen LogP contribution in [0.3, 0.4) is 0 Å². The van der Waals surface area contributed by atoms with Gasteiger partial charge in [0.15, 0.2) is 0 Å². The molecule has 1 atom stereocenters. The van der Waals surface area contributed by atoms with Crippen molar-refractivity contribution in [2.24, 2.45) is 7.05 Å².